The summed E-state index contributed by atoms with van der Waals surface area (Å²) >= 11 is 1.26. The fraction of sp³-hybridized carbons (Fsp3) is 0.467. The summed E-state index contributed by atoms with van der Waals surface area (Å²) in [5.41, 5.74) is 1.11. The predicted octanol–water partition coefficient (Wildman–Crippen LogP) is 3.58. The minimum absolute atomic E-state index is 0.0159. The molecule has 0 amide bonds. The lowest BCUT2D eigenvalue weighted by Crippen LogP contribution is -2.14. The van der Waals surface area contributed by atoms with Gasteiger partial charge >= 0.3 is 5.97 Å². The van der Waals surface area contributed by atoms with Gasteiger partial charge in [-0.25, -0.2) is 4.98 Å². The zero-order valence-corrected chi connectivity index (χ0v) is 13.3. The number of hydrogen-bond donors (Lipinski definition) is 1. The number of aromatic nitrogens is 2. The van der Waals surface area contributed by atoms with Gasteiger partial charge in [-0.3, -0.25) is 4.79 Å². The first-order valence-corrected chi connectivity index (χ1v) is 7.91. The van der Waals surface area contributed by atoms with Gasteiger partial charge < -0.3 is 14.1 Å². The SMILES string of the molecule is CC(C)c1cnc(SCC(=O)O)n1C(C)Cc1ccco1. The smallest absolute Gasteiger partial charge is 0.313 e. The van der Waals surface area contributed by atoms with Crippen molar-refractivity contribution in [1.82, 2.24) is 9.55 Å². The van der Waals surface area contributed by atoms with E-state index in [9.17, 15) is 4.79 Å². The second-order valence-corrected chi connectivity index (χ2v) is 6.25. The van der Waals surface area contributed by atoms with Crippen LogP contribution in [0.2, 0.25) is 0 Å². The number of carbonyl (C=O) groups is 1. The number of thioether (sulfide) groups is 1. The minimum Gasteiger partial charge on any atom is -0.481 e. The summed E-state index contributed by atoms with van der Waals surface area (Å²) in [7, 11) is 0. The van der Waals surface area contributed by atoms with Gasteiger partial charge in [0.05, 0.1) is 12.0 Å². The van der Waals surface area contributed by atoms with Crippen LogP contribution in [0.5, 0.6) is 0 Å². The molecule has 0 spiro atoms. The maximum atomic E-state index is 10.8. The summed E-state index contributed by atoms with van der Waals surface area (Å²) in [6, 6.07) is 3.98. The van der Waals surface area contributed by atoms with E-state index in [0.717, 1.165) is 23.0 Å². The van der Waals surface area contributed by atoms with Crippen LogP contribution in [0.3, 0.4) is 0 Å². The van der Waals surface area contributed by atoms with E-state index < -0.39 is 5.97 Å². The lowest BCUT2D eigenvalue weighted by molar-refractivity contribution is -0.133. The molecule has 0 aliphatic carbocycles. The van der Waals surface area contributed by atoms with Crippen molar-refractivity contribution in [2.75, 3.05) is 5.75 Å². The van der Waals surface area contributed by atoms with Crippen LogP contribution in [-0.2, 0) is 11.2 Å². The van der Waals surface area contributed by atoms with E-state index >= 15 is 0 Å². The highest BCUT2D eigenvalue weighted by molar-refractivity contribution is 7.99. The number of furan rings is 1. The molecule has 1 N–H and O–H groups in total. The standard InChI is InChI=1S/C15H20N2O3S/c1-10(2)13-8-16-15(21-9-14(18)19)17(13)11(3)7-12-5-4-6-20-12/h4-6,8,10-11H,7,9H2,1-3H3,(H,18,19). The fourth-order valence-electron chi connectivity index (χ4n) is 2.27. The van der Waals surface area contributed by atoms with Crippen molar-refractivity contribution < 1.29 is 14.3 Å². The van der Waals surface area contributed by atoms with Gasteiger partial charge in [-0.2, -0.15) is 0 Å². The Hall–Kier alpha value is -1.69. The molecular weight excluding hydrogens is 288 g/mol. The summed E-state index contributed by atoms with van der Waals surface area (Å²) in [6.45, 7) is 6.32. The lowest BCUT2D eigenvalue weighted by Gasteiger charge is -2.20. The third-order valence-electron chi connectivity index (χ3n) is 3.23. The maximum Gasteiger partial charge on any atom is 0.313 e. The number of carboxylic acid groups (broad SMARTS) is 1. The van der Waals surface area contributed by atoms with E-state index in [2.05, 4.69) is 30.3 Å². The van der Waals surface area contributed by atoms with Crippen molar-refractivity contribution in [3.63, 3.8) is 0 Å². The Bertz CT molecular complexity index is 590. The van der Waals surface area contributed by atoms with Crippen LogP contribution in [0.25, 0.3) is 0 Å². The molecule has 0 aliphatic rings. The van der Waals surface area contributed by atoms with Crippen LogP contribution in [0, 0.1) is 0 Å². The highest BCUT2D eigenvalue weighted by Crippen LogP contribution is 2.29. The number of rotatable bonds is 7. The van der Waals surface area contributed by atoms with E-state index in [1.807, 2.05) is 18.3 Å². The molecule has 0 saturated carbocycles. The summed E-state index contributed by atoms with van der Waals surface area (Å²) in [5, 5.41) is 9.60. The lowest BCUT2D eigenvalue weighted by atomic mass is 10.1. The van der Waals surface area contributed by atoms with Crippen molar-refractivity contribution >= 4 is 17.7 Å². The number of imidazole rings is 1. The van der Waals surface area contributed by atoms with Gasteiger partial charge in [0.25, 0.3) is 0 Å². The van der Waals surface area contributed by atoms with Crippen LogP contribution in [0.4, 0.5) is 0 Å². The summed E-state index contributed by atoms with van der Waals surface area (Å²) in [4.78, 5) is 15.2. The molecule has 0 aliphatic heterocycles. The van der Waals surface area contributed by atoms with Crippen LogP contribution in [0.1, 0.15) is 44.2 Å². The zero-order valence-electron chi connectivity index (χ0n) is 12.4. The van der Waals surface area contributed by atoms with E-state index in [1.54, 1.807) is 6.26 Å². The molecule has 1 atom stereocenters. The van der Waals surface area contributed by atoms with Gasteiger partial charge in [-0.15, -0.1) is 0 Å². The molecular formula is C15H20N2O3S. The number of nitrogens with zero attached hydrogens (tertiary/aromatic N) is 2. The van der Waals surface area contributed by atoms with Crippen LogP contribution in [-0.4, -0.2) is 26.4 Å². The van der Waals surface area contributed by atoms with Gasteiger partial charge in [0.15, 0.2) is 5.16 Å². The van der Waals surface area contributed by atoms with Crippen molar-refractivity contribution in [3.05, 3.63) is 36.0 Å². The van der Waals surface area contributed by atoms with E-state index in [0.29, 0.717) is 5.92 Å². The van der Waals surface area contributed by atoms with Gasteiger partial charge in [0.2, 0.25) is 0 Å². The summed E-state index contributed by atoms with van der Waals surface area (Å²) in [6.07, 6.45) is 4.26. The summed E-state index contributed by atoms with van der Waals surface area (Å²) in [5.74, 6) is 0.428. The molecule has 2 aromatic heterocycles. The highest BCUT2D eigenvalue weighted by Gasteiger charge is 2.19. The first-order chi connectivity index (χ1) is 9.99. The van der Waals surface area contributed by atoms with Crippen molar-refractivity contribution in [1.29, 1.82) is 0 Å². The molecule has 2 rings (SSSR count). The van der Waals surface area contributed by atoms with Crippen molar-refractivity contribution in [3.8, 4) is 0 Å². The molecule has 6 heteroatoms. The van der Waals surface area contributed by atoms with Crippen LogP contribution >= 0.6 is 11.8 Å². The normalized spacial score (nSPS) is 12.8. The Balaban J connectivity index is 2.24. The average molecular weight is 308 g/mol. The molecule has 0 saturated heterocycles. The maximum absolute atomic E-state index is 10.8. The second kappa shape index (κ2) is 6.85. The zero-order chi connectivity index (χ0) is 15.4. The topological polar surface area (TPSA) is 68.3 Å². The predicted molar refractivity (Wildman–Crippen MR) is 81.8 cm³/mol. The van der Waals surface area contributed by atoms with Crippen LogP contribution in [0.15, 0.2) is 34.2 Å². The van der Waals surface area contributed by atoms with E-state index in [1.165, 1.54) is 11.8 Å². The van der Waals surface area contributed by atoms with Crippen molar-refractivity contribution in [2.45, 2.75) is 44.3 Å². The number of aliphatic carboxylic acids is 1. The van der Waals surface area contributed by atoms with Gasteiger partial charge in [0, 0.05) is 24.4 Å². The highest BCUT2D eigenvalue weighted by atomic mass is 32.2. The van der Waals surface area contributed by atoms with Gasteiger partial charge in [-0.05, 0) is 25.0 Å². The fourth-order valence-corrected chi connectivity index (χ4v) is 3.07. The largest absolute Gasteiger partial charge is 0.481 e. The first-order valence-electron chi connectivity index (χ1n) is 6.93. The third-order valence-corrected chi connectivity index (χ3v) is 4.18. The molecule has 5 nitrogen and oxygen atoms in total. The number of hydrogen-bond acceptors (Lipinski definition) is 4. The quantitative estimate of drug-likeness (QED) is 0.792. The Kier molecular flexibility index (Phi) is 5.12. The average Bonchev–Trinajstić information content (AvgIpc) is 3.04. The Morgan fingerprint density at radius 3 is 2.81 bits per heavy atom. The number of carboxylic acids is 1. The molecule has 1 unspecified atom stereocenters. The van der Waals surface area contributed by atoms with Gasteiger partial charge in [0.1, 0.15) is 5.76 Å². The van der Waals surface area contributed by atoms with E-state index in [-0.39, 0.29) is 11.8 Å². The second-order valence-electron chi connectivity index (χ2n) is 5.31. The minimum atomic E-state index is -0.834. The molecule has 21 heavy (non-hydrogen) atoms. The molecule has 0 bridgehead atoms. The molecule has 114 valence electrons. The molecule has 2 heterocycles. The Labute approximate surface area is 128 Å². The first kappa shape index (κ1) is 15.7. The monoisotopic (exact) mass is 308 g/mol. The molecule has 0 fully saturated rings. The molecule has 0 radical (unpaired) electrons. The Morgan fingerprint density at radius 1 is 1.48 bits per heavy atom. The Morgan fingerprint density at radius 2 is 2.24 bits per heavy atom. The van der Waals surface area contributed by atoms with Crippen molar-refractivity contribution in [2.24, 2.45) is 0 Å². The van der Waals surface area contributed by atoms with E-state index in [4.69, 9.17) is 9.52 Å². The molecule has 0 aromatic carbocycles. The third kappa shape index (κ3) is 3.91. The van der Waals surface area contributed by atoms with Crippen LogP contribution < -0.4 is 0 Å². The van der Waals surface area contributed by atoms with Gasteiger partial charge in [-0.1, -0.05) is 25.6 Å². The summed E-state index contributed by atoms with van der Waals surface area (Å²) < 4.78 is 7.53. The molecule has 2 aromatic rings.